The molecular weight excluding hydrogens is 132 g/mol. The van der Waals surface area contributed by atoms with Crippen molar-refractivity contribution in [2.45, 2.75) is 21.3 Å². The highest BCUT2D eigenvalue weighted by atomic mass is 16.6. The number of hydrogen-bond acceptors (Lipinski definition) is 3. The molecule has 0 N–H and O–H groups in total. The molecule has 0 radical (unpaired) electrons. The molecule has 10 heavy (non-hydrogen) atoms. The highest BCUT2D eigenvalue weighted by molar-refractivity contribution is 5.95. The van der Waals surface area contributed by atoms with Crippen LogP contribution in [-0.2, 0) is 14.3 Å². The number of esters is 2. The van der Waals surface area contributed by atoms with Gasteiger partial charge in [0.25, 0.3) is 0 Å². The van der Waals surface area contributed by atoms with Crippen molar-refractivity contribution in [1.82, 2.24) is 0 Å². The summed E-state index contributed by atoms with van der Waals surface area (Å²) in [7, 11) is 0. The number of hydrogen-bond donors (Lipinski definition) is 0. The van der Waals surface area contributed by atoms with Crippen molar-refractivity contribution in [3.8, 4) is 0 Å². The van der Waals surface area contributed by atoms with Crippen molar-refractivity contribution < 1.29 is 14.3 Å². The van der Waals surface area contributed by atoms with Gasteiger partial charge in [0.05, 0.1) is 11.8 Å². The number of ether oxygens (including phenoxy) is 1. The van der Waals surface area contributed by atoms with E-state index in [0.717, 1.165) is 0 Å². The summed E-state index contributed by atoms with van der Waals surface area (Å²) < 4.78 is 4.31. The molecule has 1 rings (SSSR count). The maximum Gasteiger partial charge on any atom is 0.317 e. The third-order valence-electron chi connectivity index (χ3n) is 1.69. The van der Waals surface area contributed by atoms with Gasteiger partial charge in [0.2, 0.25) is 0 Å². The minimum atomic E-state index is -0.396. The maximum absolute atomic E-state index is 10.6. The van der Waals surface area contributed by atoms with E-state index in [9.17, 15) is 9.59 Å². The Kier molecular flexibility index (Phi) is 2.57. The largest absolute Gasteiger partial charge is 0.393 e. The number of rotatable bonds is 0. The Morgan fingerprint density at radius 2 is 1.40 bits per heavy atom. The van der Waals surface area contributed by atoms with Gasteiger partial charge in [0, 0.05) is 0 Å². The molecule has 0 saturated carbocycles. The van der Waals surface area contributed by atoms with Crippen LogP contribution in [0.25, 0.3) is 0 Å². The molecule has 3 heteroatoms. The van der Waals surface area contributed by atoms with Gasteiger partial charge in [-0.05, 0) is 0 Å². The molecule has 0 aromatic rings. The minimum Gasteiger partial charge on any atom is -0.393 e. The molecule has 2 unspecified atom stereocenters. The molecule has 0 bridgehead atoms. The Bertz CT molecular complexity index is 144. The van der Waals surface area contributed by atoms with Crippen LogP contribution in [0.15, 0.2) is 0 Å². The van der Waals surface area contributed by atoms with Gasteiger partial charge in [0.1, 0.15) is 0 Å². The first-order valence-corrected chi connectivity index (χ1v) is 2.88. The average molecular weight is 144 g/mol. The summed E-state index contributed by atoms with van der Waals surface area (Å²) in [6.45, 7) is 3.38. The van der Waals surface area contributed by atoms with Crippen molar-refractivity contribution in [1.29, 1.82) is 0 Å². The van der Waals surface area contributed by atoms with Crippen LogP contribution in [0.1, 0.15) is 21.3 Å². The number of carbonyl (C=O) groups excluding carboxylic acids is 2. The second kappa shape index (κ2) is 2.82. The van der Waals surface area contributed by atoms with E-state index < -0.39 is 11.9 Å². The van der Waals surface area contributed by atoms with Gasteiger partial charge in [-0.2, -0.15) is 0 Å². The van der Waals surface area contributed by atoms with E-state index in [2.05, 4.69) is 4.74 Å². The fourth-order valence-corrected chi connectivity index (χ4v) is 0.693. The van der Waals surface area contributed by atoms with Crippen molar-refractivity contribution in [3.05, 3.63) is 0 Å². The van der Waals surface area contributed by atoms with Gasteiger partial charge in [0.15, 0.2) is 0 Å². The van der Waals surface area contributed by atoms with Crippen LogP contribution in [-0.4, -0.2) is 11.9 Å². The Labute approximate surface area is 60.4 Å². The highest BCUT2D eigenvalue weighted by Gasteiger charge is 2.37. The van der Waals surface area contributed by atoms with Gasteiger partial charge >= 0.3 is 11.9 Å². The summed E-state index contributed by atoms with van der Waals surface area (Å²) in [4.78, 5) is 21.1. The summed E-state index contributed by atoms with van der Waals surface area (Å²) in [6.07, 6.45) is 0. The zero-order valence-corrected chi connectivity index (χ0v) is 5.38. The lowest BCUT2D eigenvalue weighted by molar-refractivity contribution is -0.153. The topological polar surface area (TPSA) is 43.4 Å². The summed E-state index contributed by atoms with van der Waals surface area (Å²) in [5, 5.41) is 0. The van der Waals surface area contributed by atoms with Crippen LogP contribution >= 0.6 is 0 Å². The molecular formula is C7H12O3. The lowest BCUT2D eigenvalue weighted by atomic mass is 10.00. The van der Waals surface area contributed by atoms with Crippen LogP contribution in [0.2, 0.25) is 0 Å². The Morgan fingerprint density at radius 1 is 1.10 bits per heavy atom. The molecule has 0 aromatic carbocycles. The monoisotopic (exact) mass is 144 g/mol. The van der Waals surface area contributed by atoms with Gasteiger partial charge in [-0.25, -0.2) is 0 Å². The van der Waals surface area contributed by atoms with Crippen LogP contribution in [0.3, 0.4) is 0 Å². The summed E-state index contributed by atoms with van der Waals surface area (Å²) in [5.41, 5.74) is 0. The lowest BCUT2D eigenvalue weighted by Gasteiger charge is -1.96. The van der Waals surface area contributed by atoms with E-state index in [0.29, 0.717) is 0 Å². The number of cyclic esters (lactones) is 2. The summed E-state index contributed by atoms with van der Waals surface area (Å²) >= 11 is 0. The standard InChI is InChI=1S/C6H8O3.CH4/c1-3-4(2)6(8)9-5(3)7;/h3-4H,1-2H3;1H4. The normalized spacial score (nSPS) is 31.4. The second-order valence-corrected chi connectivity index (χ2v) is 2.32. The molecule has 0 spiro atoms. The van der Waals surface area contributed by atoms with Crippen molar-refractivity contribution in [3.63, 3.8) is 0 Å². The minimum absolute atomic E-state index is 0. The molecule has 2 atom stereocenters. The molecule has 58 valence electrons. The van der Waals surface area contributed by atoms with Gasteiger partial charge in [-0.1, -0.05) is 21.3 Å². The molecule has 1 aliphatic heterocycles. The SMILES string of the molecule is C.CC1C(=O)OC(=O)C1C. The molecule has 0 aromatic heterocycles. The predicted molar refractivity (Wildman–Crippen MR) is 36.2 cm³/mol. The Hall–Kier alpha value is -0.860. The smallest absolute Gasteiger partial charge is 0.317 e. The van der Waals surface area contributed by atoms with Gasteiger partial charge < -0.3 is 4.74 Å². The zero-order valence-electron chi connectivity index (χ0n) is 5.38. The Balaban J connectivity index is 0.000000810. The second-order valence-electron chi connectivity index (χ2n) is 2.32. The first kappa shape index (κ1) is 9.14. The van der Waals surface area contributed by atoms with Crippen molar-refractivity contribution >= 4 is 11.9 Å². The van der Waals surface area contributed by atoms with E-state index in [1.807, 2.05) is 0 Å². The van der Waals surface area contributed by atoms with Crippen LogP contribution < -0.4 is 0 Å². The molecule has 1 aliphatic rings. The van der Waals surface area contributed by atoms with Crippen LogP contribution in [0.4, 0.5) is 0 Å². The summed E-state index contributed by atoms with van der Waals surface area (Å²) in [6, 6.07) is 0. The summed E-state index contributed by atoms with van der Waals surface area (Å²) in [5.74, 6) is -1.30. The molecule has 1 saturated heterocycles. The molecule has 0 aliphatic carbocycles. The number of carbonyl (C=O) groups is 2. The fourth-order valence-electron chi connectivity index (χ4n) is 0.693. The zero-order chi connectivity index (χ0) is 7.02. The third kappa shape index (κ3) is 1.17. The first-order valence-electron chi connectivity index (χ1n) is 2.88. The fraction of sp³-hybridized carbons (Fsp3) is 0.714. The van der Waals surface area contributed by atoms with E-state index in [1.54, 1.807) is 13.8 Å². The molecule has 1 fully saturated rings. The molecule has 0 amide bonds. The Morgan fingerprint density at radius 3 is 1.50 bits per heavy atom. The van der Waals surface area contributed by atoms with Crippen molar-refractivity contribution in [2.24, 2.45) is 11.8 Å². The van der Waals surface area contributed by atoms with Gasteiger partial charge in [-0.3, -0.25) is 9.59 Å². The average Bonchev–Trinajstić information content (AvgIpc) is 1.98. The molecule has 3 nitrogen and oxygen atoms in total. The molecule has 1 heterocycles. The maximum atomic E-state index is 10.6. The van der Waals surface area contributed by atoms with E-state index in [1.165, 1.54) is 0 Å². The van der Waals surface area contributed by atoms with E-state index in [4.69, 9.17) is 0 Å². The van der Waals surface area contributed by atoms with Gasteiger partial charge in [-0.15, -0.1) is 0 Å². The predicted octanol–water partition coefficient (Wildman–Crippen LogP) is 0.978. The van der Waals surface area contributed by atoms with E-state index in [-0.39, 0.29) is 19.3 Å². The highest BCUT2D eigenvalue weighted by Crippen LogP contribution is 2.21. The van der Waals surface area contributed by atoms with Crippen molar-refractivity contribution in [2.75, 3.05) is 0 Å². The van der Waals surface area contributed by atoms with Crippen LogP contribution in [0, 0.1) is 11.8 Å². The quantitative estimate of drug-likeness (QED) is 0.376. The van der Waals surface area contributed by atoms with E-state index >= 15 is 0 Å². The van der Waals surface area contributed by atoms with Crippen LogP contribution in [0.5, 0.6) is 0 Å². The lowest BCUT2D eigenvalue weighted by Crippen LogP contribution is -2.09. The first-order chi connectivity index (χ1) is 4.13. The third-order valence-corrected chi connectivity index (χ3v) is 1.69.